The molecule has 2 aromatic rings. The third-order valence-electron chi connectivity index (χ3n) is 3.44. The topological polar surface area (TPSA) is 58.2 Å². The molecule has 25 heavy (non-hydrogen) atoms. The number of benzene rings is 2. The monoisotopic (exact) mass is 380 g/mol. The number of alkyl halides is 2. The predicted octanol–water partition coefficient (Wildman–Crippen LogP) is 4.44. The van der Waals surface area contributed by atoms with Crippen LogP contribution >= 0.6 is 23.5 Å². The molecule has 0 fully saturated rings. The van der Waals surface area contributed by atoms with Gasteiger partial charge in [-0.25, -0.2) is 0 Å². The van der Waals surface area contributed by atoms with E-state index in [-0.39, 0.29) is 18.2 Å². The van der Waals surface area contributed by atoms with Gasteiger partial charge in [-0.1, -0.05) is 23.9 Å². The standard InChI is InChI=1S/C17H14F2N2O2S2/c18-17(19)24-11-7-5-10(6-8-11)20-15(22)9-14-16(23)21-12-3-1-2-4-13(12)25-14/h1-8,14,17H,9H2,(H,20,22)(H,21,23)/t14-/m1/s1. The Balaban J connectivity index is 1.58. The first kappa shape index (κ1) is 17.8. The molecule has 0 saturated heterocycles. The second-order valence-electron chi connectivity index (χ2n) is 5.25. The second-order valence-corrected chi connectivity index (χ2v) is 7.56. The van der Waals surface area contributed by atoms with Gasteiger partial charge >= 0.3 is 0 Å². The molecule has 1 aliphatic heterocycles. The van der Waals surface area contributed by atoms with Crippen molar-refractivity contribution >= 4 is 46.7 Å². The summed E-state index contributed by atoms with van der Waals surface area (Å²) in [7, 11) is 0. The van der Waals surface area contributed by atoms with Crippen molar-refractivity contribution in [2.75, 3.05) is 10.6 Å². The SMILES string of the molecule is O=C(C[C@H]1Sc2ccccc2NC1=O)Nc1ccc(SC(F)F)cc1. The highest BCUT2D eigenvalue weighted by Crippen LogP contribution is 2.36. The lowest BCUT2D eigenvalue weighted by molar-refractivity contribution is -0.120. The lowest BCUT2D eigenvalue weighted by Crippen LogP contribution is -2.32. The summed E-state index contributed by atoms with van der Waals surface area (Å²) in [5.41, 5.74) is 1.26. The summed E-state index contributed by atoms with van der Waals surface area (Å²) < 4.78 is 24.6. The van der Waals surface area contributed by atoms with Crippen LogP contribution in [-0.2, 0) is 9.59 Å². The Labute approximate surface area is 151 Å². The molecular formula is C17H14F2N2O2S2. The van der Waals surface area contributed by atoms with Gasteiger partial charge in [-0.2, -0.15) is 8.78 Å². The van der Waals surface area contributed by atoms with E-state index in [1.54, 1.807) is 12.1 Å². The number of hydrogen-bond acceptors (Lipinski definition) is 4. The molecule has 3 rings (SSSR count). The number of anilines is 2. The molecule has 0 radical (unpaired) electrons. The van der Waals surface area contributed by atoms with Crippen LogP contribution in [0.15, 0.2) is 58.3 Å². The van der Waals surface area contributed by atoms with E-state index in [4.69, 9.17) is 0 Å². The van der Waals surface area contributed by atoms with Gasteiger partial charge in [-0.05, 0) is 36.4 Å². The van der Waals surface area contributed by atoms with Crippen LogP contribution in [0.1, 0.15) is 6.42 Å². The summed E-state index contributed by atoms with van der Waals surface area (Å²) >= 11 is 1.80. The molecule has 2 N–H and O–H groups in total. The molecule has 0 aliphatic carbocycles. The van der Waals surface area contributed by atoms with Gasteiger partial charge in [0, 0.05) is 21.9 Å². The molecule has 130 valence electrons. The molecule has 0 saturated carbocycles. The molecule has 4 nitrogen and oxygen atoms in total. The van der Waals surface area contributed by atoms with Gasteiger partial charge in [-0.15, -0.1) is 11.8 Å². The zero-order valence-electron chi connectivity index (χ0n) is 12.9. The highest BCUT2D eigenvalue weighted by molar-refractivity contribution is 8.01. The molecule has 0 aromatic heterocycles. The number of fused-ring (bicyclic) bond motifs is 1. The van der Waals surface area contributed by atoms with Crippen LogP contribution in [0.3, 0.4) is 0 Å². The van der Waals surface area contributed by atoms with Crippen LogP contribution < -0.4 is 10.6 Å². The van der Waals surface area contributed by atoms with Crippen LogP contribution in [0.5, 0.6) is 0 Å². The number of halogens is 2. The van der Waals surface area contributed by atoms with Crippen LogP contribution in [0.2, 0.25) is 0 Å². The Bertz CT molecular complexity index is 784. The van der Waals surface area contributed by atoms with E-state index in [2.05, 4.69) is 10.6 Å². The Morgan fingerprint density at radius 3 is 2.64 bits per heavy atom. The Kier molecular flexibility index (Phi) is 5.60. The second kappa shape index (κ2) is 7.88. The van der Waals surface area contributed by atoms with Gasteiger partial charge in [0.05, 0.1) is 10.9 Å². The summed E-state index contributed by atoms with van der Waals surface area (Å²) in [6.07, 6.45) is 0.0262. The van der Waals surface area contributed by atoms with Crippen molar-refractivity contribution in [1.82, 2.24) is 0 Å². The first-order valence-electron chi connectivity index (χ1n) is 7.42. The van der Waals surface area contributed by atoms with E-state index in [0.29, 0.717) is 22.3 Å². The molecule has 1 aliphatic rings. The zero-order valence-corrected chi connectivity index (χ0v) is 14.5. The number of nitrogens with one attached hydrogen (secondary N) is 2. The number of rotatable bonds is 5. The average Bonchev–Trinajstić information content (AvgIpc) is 2.57. The fourth-order valence-corrected chi connectivity index (χ4v) is 3.94. The van der Waals surface area contributed by atoms with E-state index >= 15 is 0 Å². The first-order chi connectivity index (χ1) is 12.0. The number of para-hydroxylation sites is 1. The molecule has 0 bridgehead atoms. The Morgan fingerprint density at radius 1 is 1.20 bits per heavy atom. The zero-order chi connectivity index (χ0) is 17.8. The Hall–Kier alpha value is -2.06. The fourth-order valence-electron chi connectivity index (χ4n) is 2.33. The van der Waals surface area contributed by atoms with Crippen LogP contribution in [-0.4, -0.2) is 22.8 Å². The minimum Gasteiger partial charge on any atom is -0.326 e. The summed E-state index contributed by atoms with van der Waals surface area (Å²) in [6.45, 7) is 0. The summed E-state index contributed by atoms with van der Waals surface area (Å²) in [6, 6.07) is 13.6. The van der Waals surface area contributed by atoms with Gasteiger partial charge < -0.3 is 10.6 Å². The average molecular weight is 380 g/mol. The molecule has 2 amide bonds. The fraction of sp³-hybridized carbons (Fsp3) is 0.176. The van der Waals surface area contributed by atoms with E-state index in [9.17, 15) is 18.4 Å². The lowest BCUT2D eigenvalue weighted by Gasteiger charge is -2.23. The lowest BCUT2D eigenvalue weighted by atomic mass is 10.2. The largest absolute Gasteiger partial charge is 0.326 e. The van der Waals surface area contributed by atoms with Crippen molar-refractivity contribution in [1.29, 1.82) is 0 Å². The molecule has 1 atom stereocenters. The van der Waals surface area contributed by atoms with Gasteiger partial charge in [0.15, 0.2) is 0 Å². The van der Waals surface area contributed by atoms with Crippen molar-refractivity contribution in [2.45, 2.75) is 27.2 Å². The van der Waals surface area contributed by atoms with E-state index in [1.807, 2.05) is 24.3 Å². The minimum absolute atomic E-state index is 0.0262. The van der Waals surface area contributed by atoms with Gasteiger partial charge in [0.2, 0.25) is 11.8 Å². The third-order valence-corrected chi connectivity index (χ3v) is 5.44. The molecule has 0 spiro atoms. The van der Waals surface area contributed by atoms with E-state index in [0.717, 1.165) is 10.6 Å². The van der Waals surface area contributed by atoms with Gasteiger partial charge in [0.1, 0.15) is 0 Å². The maximum absolute atomic E-state index is 12.3. The van der Waals surface area contributed by atoms with E-state index < -0.39 is 11.0 Å². The highest BCUT2D eigenvalue weighted by Gasteiger charge is 2.28. The summed E-state index contributed by atoms with van der Waals surface area (Å²) in [5.74, 6) is -2.99. The first-order valence-corrected chi connectivity index (χ1v) is 9.18. The predicted molar refractivity (Wildman–Crippen MR) is 96.3 cm³/mol. The normalized spacial score (nSPS) is 16.3. The van der Waals surface area contributed by atoms with Crippen LogP contribution in [0.4, 0.5) is 20.2 Å². The molecule has 1 heterocycles. The quantitative estimate of drug-likeness (QED) is 0.753. The van der Waals surface area contributed by atoms with Crippen molar-refractivity contribution in [3.05, 3.63) is 48.5 Å². The van der Waals surface area contributed by atoms with Gasteiger partial charge in [-0.3, -0.25) is 9.59 Å². The molecule has 2 aromatic carbocycles. The van der Waals surface area contributed by atoms with Crippen molar-refractivity contribution in [2.24, 2.45) is 0 Å². The third kappa shape index (κ3) is 4.73. The summed E-state index contributed by atoms with van der Waals surface area (Å²) in [4.78, 5) is 25.6. The maximum atomic E-state index is 12.3. The molecular weight excluding hydrogens is 366 g/mol. The maximum Gasteiger partial charge on any atom is 0.288 e. The smallest absolute Gasteiger partial charge is 0.288 e. The Morgan fingerprint density at radius 2 is 1.92 bits per heavy atom. The van der Waals surface area contributed by atoms with Gasteiger partial charge in [0.25, 0.3) is 5.76 Å². The number of thioether (sulfide) groups is 2. The summed E-state index contributed by atoms with van der Waals surface area (Å²) in [5, 5.41) is 4.97. The van der Waals surface area contributed by atoms with Crippen molar-refractivity contribution < 1.29 is 18.4 Å². The van der Waals surface area contributed by atoms with Crippen molar-refractivity contribution in [3.63, 3.8) is 0 Å². The highest BCUT2D eigenvalue weighted by atomic mass is 32.2. The molecule has 0 unspecified atom stereocenters. The van der Waals surface area contributed by atoms with Crippen molar-refractivity contribution in [3.8, 4) is 0 Å². The van der Waals surface area contributed by atoms with E-state index in [1.165, 1.54) is 23.9 Å². The minimum atomic E-state index is -2.48. The van der Waals surface area contributed by atoms with Crippen LogP contribution in [0, 0.1) is 0 Å². The van der Waals surface area contributed by atoms with Crippen LogP contribution in [0.25, 0.3) is 0 Å². The number of carbonyl (C=O) groups is 2. The number of amides is 2. The number of hydrogen-bond donors (Lipinski definition) is 2. The molecule has 8 heteroatoms. The number of carbonyl (C=O) groups excluding carboxylic acids is 2.